The molecule has 1 aliphatic heterocycles. The molecule has 2 amide bonds. The summed E-state index contributed by atoms with van der Waals surface area (Å²) in [6, 6.07) is 18.4. The maximum atomic E-state index is 13.4. The van der Waals surface area contributed by atoms with Gasteiger partial charge < -0.3 is 14.8 Å². The molecule has 2 heterocycles. The summed E-state index contributed by atoms with van der Waals surface area (Å²) in [5.74, 6) is 0.566. The van der Waals surface area contributed by atoms with Crippen LogP contribution < -0.4 is 5.32 Å². The zero-order valence-corrected chi connectivity index (χ0v) is 19.0. The predicted octanol–water partition coefficient (Wildman–Crippen LogP) is 3.22. The summed E-state index contributed by atoms with van der Waals surface area (Å²) in [6.45, 7) is 8.68. The Hall–Kier alpha value is -3.12. The van der Waals surface area contributed by atoms with E-state index >= 15 is 0 Å². The molecule has 0 radical (unpaired) electrons. The van der Waals surface area contributed by atoms with Crippen LogP contribution >= 0.6 is 0 Å². The number of nitrogens with zero attached hydrogens (tertiary/aromatic N) is 3. The molecule has 1 N–H and O–H groups in total. The fourth-order valence-corrected chi connectivity index (χ4v) is 4.18. The SMILES string of the molecule is CC(C)CNC(=O)CN1CCN(C(=O)c2cn(Cc3ccccc3)c3ccccc23)CC1. The van der Waals surface area contributed by atoms with Crippen molar-refractivity contribution < 1.29 is 9.59 Å². The highest BCUT2D eigenvalue weighted by Crippen LogP contribution is 2.24. The lowest BCUT2D eigenvalue weighted by Gasteiger charge is -2.34. The Bertz CT molecular complexity index is 1070. The van der Waals surface area contributed by atoms with E-state index in [-0.39, 0.29) is 11.8 Å². The maximum Gasteiger partial charge on any atom is 0.256 e. The van der Waals surface area contributed by atoms with E-state index in [1.165, 1.54) is 5.56 Å². The van der Waals surface area contributed by atoms with Crippen LogP contribution in [0.1, 0.15) is 29.8 Å². The smallest absolute Gasteiger partial charge is 0.256 e. The van der Waals surface area contributed by atoms with Crippen molar-refractivity contribution in [3.05, 3.63) is 71.9 Å². The maximum absolute atomic E-state index is 13.4. The number of carbonyl (C=O) groups is 2. The molecule has 2 aromatic carbocycles. The molecule has 6 nitrogen and oxygen atoms in total. The van der Waals surface area contributed by atoms with Crippen LogP contribution in [0.2, 0.25) is 0 Å². The minimum Gasteiger partial charge on any atom is -0.355 e. The van der Waals surface area contributed by atoms with Crippen LogP contribution in [0.4, 0.5) is 0 Å². The number of fused-ring (bicyclic) bond motifs is 1. The highest BCUT2D eigenvalue weighted by molar-refractivity contribution is 6.07. The van der Waals surface area contributed by atoms with Gasteiger partial charge in [-0.3, -0.25) is 14.5 Å². The topological polar surface area (TPSA) is 57.6 Å². The van der Waals surface area contributed by atoms with Crippen LogP contribution in [0.5, 0.6) is 0 Å². The molecule has 32 heavy (non-hydrogen) atoms. The van der Waals surface area contributed by atoms with E-state index in [1.807, 2.05) is 47.5 Å². The largest absolute Gasteiger partial charge is 0.355 e. The summed E-state index contributed by atoms with van der Waals surface area (Å²) in [5.41, 5.74) is 3.02. The fraction of sp³-hybridized carbons (Fsp3) is 0.385. The molecular weight excluding hydrogens is 400 g/mol. The Kier molecular flexibility index (Phi) is 6.90. The molecule has 0 bridgehead atoms. The van der Waals surface area contributed by atoms with Crippen LogP contribution in [0.25, 0.3) is 10.9 Å². The molecule has 0 spiro atoms. The van der Waals surface area contributed by atoms with E-state index < -0.39 is 0 Å². The second-order valence-electron chi connectivity index (χ2n) is 8.94. The zero-order valence-electron chi connectivity index (χ0n) is 19.0. The van der Waals surface area contributed by atoms with Crippen molar-refractivity contribution in [2.45, 2.75) is 20.4 Å². The first-order valence-electron chi connectivity index (χ1n) is 11.4. The molecule has 0 saturated carbocycles. The number of benzene rings is 2. The van der Waals surface area contributed by atoms with E-state index in [4.69, 9.17) is 0 Å². The molecule has 3 aromatic rings. The minimum absolute atomic E-state index is 0.0578. The van der Waals surface area contributed by atoms with Gasteiger partial charge in [0, 0.05) is 56.4 Å². The molecule has 1 fully saturated rings. The number of piperazine rings is 1. The minimum atomic E-state index is 0.0578. The lowest BCUT2D eigenvalue weighted by Crippen LogP contribution is -2.51. The second-order valence-corrected chi connectivity index (χ2v) is 8.94. The van der Waals surface area contributed by atoms with Gasteiger partial charge >= 0.3 is 0 Å². The van der Waals surface area contributed by atoms with E-state index in [0.29, 0.717) is 45.2 Å². The van der Waals surface area contributed by atoms with Gasteiger partial charge in [0.05, 0.1) is 12.1 Å². The summed E-state index contributed by atoms with van der Waals surface area (Å²) in [6.07, 6.45) is 1.99. The third-order valence-corrected chi connectivity index (χ3v) is 5.95. The number of nitrogens with one attached hydrogen (secondary N) is 1. The first-order valence-corrected chi connectivity index (χ1v) is 11.4. The average Bonchev–Trinajstić information content (AvgIpc) is 3.17. The summed E-state index contributed by atoms with van der Waals surface area (Å²) in [4.78, 5) is 29.6. The summed E-state index contributed by atoms with van der Waals surface area (Å²) in [7, 11) is 0. The molecule has 168 valence electrons. The zero-order chi connectivity index (χ0) is 22.5. The normalized spacial score (nSPS) is 14.8. The van der Waals surface area contributed by atoms with Crippen LogP contribution in [0.15, 0.2) is 60.8 Å². The molecule has 0 unspecified atom stereocenters. The number of hydrogen-bond acceptors (Lipinski definition) is 3. The number of amides is 2. The van der Waals surface area contributed by atoms with Crippen molar-refractivity contribution in [3.8, 4) is 0 Å². The summed E-state index contributed by atoms with van der Waals surface area (Å²) >= 11 is 0. The first-order chi connectivity index (χ1) is 15.5. The molecule has 0 atom stereocenters. The third kappa shape index (κ3) is 5.19. The number of aromatic nitrogens is 1. The highest BCUT2D eigenvalue weighted by atomic mass is 16.2. The van der Waals surface area contributed by atoms with Crippen molar-refractivity contribution in [3.63, 3.8) is 0 Å². The number of hydrogen-bond donors (Lipinski definition) is 1. The Labute approximate surface area is 189 Å². The van der Waals surface area contributed by atoms with Crippen molar-refractivity contribution in [2.75, 3.05) is 39.3 Å². The van der Waals surface area contributed by atoms with Crippen molar-refractivity contribution in [1.82, 2.24) is 19.7 Å². The van der Waals surface area contributed by atoms with Gasteiger partial charge in [0.15, 0.2) is 0 Å². The lowest BCUT2D eigenvalue weighted by molar-refractivity contribution is -0.122. The Morgan fingerprint density at radius 2 is 1.62 bits per heavy atom. The summed E-state index contributed by atoms with van der Waals surface area (Å²) < 4.78 is 2.16. The first kappa shape index (κ1) is 22.1. The van der Waals surface area contributed by atoms with Gasteiger partial charge in [-0.15, -0.1) is 0 Å². The van der Waals surface area contributed by atoms with Gasteiger partial charge in [-0.2, -0.15) is 0 Å². The van der Waals surface area contributed by atoms with Gasteiger partial charge in [-0.1, -0.05) is 62.4 Å². The molecule has 6 heteroatoms. The second kappa shape index (κ2) is 10.0. The van der Waals surface area contributed by atoms with Gasteiger partial charge in [0.1, 0.15) is 0 Å². The summed E-state index contributed by atoms with van der Waals surface area (Å²) in [5, 5.41) is 3.96. The number of rotatable bonds is 7. The predicted molar refractivity (Wildman–Crippen MR) is 128 cm³/mol. The average molecular weight is 433 g/mol. The standard InChI is InChI=1S/C26H32N4O2/c1-20(2)16-27-25(31)19-28-12-14-29(15-13-28)26(32)23-18-30(17-21-8-4-3-5-9-21)24-11-7-6-10-22(23)24/h3-11,18,20H,12-17,19H2,1-2H3,(H,27,31). The molecule has 0 aliphatic carbocycles. The van der Waals surface area contributed by atoms with E-state index in [0.717, 1.165) is 23.0 Å². The number of carbonyl (C=O) groups excluding carboxylic acids is 2. The fourth-order valence-electron chi connectivity index (χ4n) is 4.18. The van der Waals surface area contributed by atoms with Crippen LogP contribution in [0.3, 0.4) is 0 Å². The Morgan fingerprint density at radius 3 is 2.34 bits per heavy atom. The van der Waals surface area contributed by atoms with Gasteiger partial charge in [-0.25, -0.2) is 0 Å². The van der Waals surface area contributed by atoms with Gasteiger partial charge in [0.2, 0.25) is 5.91 Å². The molecule has 4 rings (SSSR count). The van der Waals surface area contributed by atoms with Crippen molar-refractivity contribution in [2.24, 2.45) is 5.92 Å². The van der Waals surface area contributed by atoms with Crippen molar-refractivity contribution in [1.29, 1.82) is 0 Å². The number of para-hydroxylation sites is 1. The lowest BCUT2D eigenvalue weighted by atomic mass is 10.1. The quantitative estimate of drug-likeness (QED) is 0.624. The molecule has 1 aromatic heterocycles. The Morgan fingerprint density at radius 1 is 0.938 bits per heavy atom. The van der Waals surface area contributed by atoms with Gasteiger partial charge in [-0.05, 0) is 17.5 Å². The van der Waals surface area contributed by atoms with E-state index in [9.17, 15) is 9.59 Å². The monoisotopic (exact) mass is 432 g/mol. The Balaban J connectivity index is 1.43. The van der Waals surface area contributed by atoms with Crippen LogP contribution in [-0.2, 0) is 11.3 Å². The molecule has 1 saturated heterocycles. The molecular formula is C26H32N4O2. The van der Waals surface area contributed by atoms with E-state index in [1.54, 1.807) is 0 Å². The van der Waals surface area contributed by atoms with Crippen LogP contribution in [0, 0.1) is 5.92 Å². The highest BCUT2D eigenvalue weighted by Gasteiger charge is 2.25. The van der Waals surface area contributed by atoms with E-state index in [2.05, 4.69) is 46.8 Å². The van der Waals surface area contributed by atoms with Gasteiger partial charge in [0.25, 0.3) is 5.91 Å². The van der Waals surface area contributed by atoms with Crippen LogP contribution in [-0.4, -0.2) is 65.4 Å². The van der Waals surface area contributed by atoms with Crippen molar-refractivity contribution >= 4 is 22.7 Å². The molecule has 1 aliphatic rings. The third-order valence-electron chi connectivity index (χ3n) is 5.95.